The molecule has 0 aliphatic heterocycles. The van der Waals surface area contributed by atoms with Gasteiger partial charge in [0.15, 0.2) is 11.6 Å². The van der Waals surface area contributed by atoms with Crippen molar-refractivity contribution in [3.63, 3.8) is 0 Å². The van der Waals surface area contributed by atoms with Gasteiger partial charge in [-0.3, -0.25) is 0 Å². The zero-order chi connectivity index (χ0) is 27.2. The van der Waals surface area contributed by atoms with Crippen LogP contribution in [-0.4, -0.2) is 20.7 Å². The van der Waals surface area contributed by atoms with Crippen molar-refractivity contribution in [3.05, 3.63) is 89.6 Å². The summed E-state index contributed by atoms with van der Waals surface area (Å²) in [4.78, 5) is 14.0. The smallest absolute Gasteiger partial charge is 0.175 e. The standard InChI is InChI=1S/C23H18ClFN6OS.2C2H6/c1-14(31-26)15-5-8-21(28-12-15)30-23-20(32-19-7-6-16(25)10-18(19)24)11-17(13-29-23)33-22-4-2-3-9-27-22;2*1-2/h2-13H,26H2,1H3,(H,28,29,30);2*1-2H3/b31-14+;;. The fourth-order valence-corrected chi connectivity index (χ4v) is 3.72. The second-order valence-corrected chi connectivity index (χ2v) is 8.24. The summed E-state index contributed by atoms with van der Waals surface area (Å²) in [5.74, 6) is 6.49. The molecule has 4 aromatic rings. The summed E-state index contributed by atoms with van der Waals surface area (Å²) in [6.07, 6.45) is 5.06. The van der Waals surface area contributed by atoms with Gasteiger partial charge in [0.25, 0.3) is 0 Å². The number of anilines is 2. The molecule has 3 N–H and O–H groups in total. The molecule has 0 saturated carbocycles. The van der Waals surface area contributed by atoms with Gasteiger partial charge < -0.3 is 15.9 Å². The number of benzene rings is 1. The van der Waals surface area contributed by atoms with Gasteiger partial charge in [0.05, 0.1) is 10.7 Å². The molecule has 194 valence electrons. The Morgan fingerprint density at radius 3 is 2.38 bits per heavy atom. The third-order valence-corrected chi connectivity index (χ3v) is 5.63. The molecule has 0 aliphatic carbocycles. The molecule has 10 heteroatoms. The van der Waals surface area contributed by atoms with Gasteiger partial charge in [-0.2, -0.15) is 5.10 Å². The van der Waals surface area contributed by atoms with E-state index in [1.165, 1.54) is 30.0 Å². The summed E-state index contributed by atoms with van der Waals surface area (Å²) >= 11 is 7.59. The largest absolute Gasteiger partial charge is 0.452 e. The summed E-state index contributed by atoms with van der Waals surface area (Å²) < 4.78 is 19.5. The predicted octanol–water partition coefficient (Wildman–Crippen LogP) is 8.09. The quantitative estimate of drug-likeness (QED) is 0.139. The van der Waals surface area contributed by atoms with Gasteiger partial charge in [-0.05, 0) is 49.4 Å². The first-order chi connectivity index (χ1) is 18.0. The normalized spacial score (nSPS) is 10.4. The molecule has 0 amide bonds. The van der Waals surface area contributed by atoms with Crippen LogP contribution in [-0.2, 0) is 0 Å². The first kappa shape index (κ1) is 29.5. The fraction of sp³-hybridized carbons (Fsp3) is 0.185. The number of nitrogens with two attached hydrogens (primary N) is 1. The van der Waals surface area contributed by atoms with E-state index < -0.39 is 5.82 Å². The van der Waals surface area contributed by atoms with Gasteiger partial charge in [-0.15, -0.1) is 0 Å². The average molecular weight is 541 g/mol. The second-order valence-electron chi connectivity index (χ2n) is 6.74. The van der Waals surface area contributed by atoms with Crippen molar-refractivity contribution in [1.29, 1.82) is 0 Å². The van der Waals surface area contributed by atoms with Crippen LogP contribution in [0.1, 0.15) is 40.2 Å². The van der Waals surface area contributed by atoms with Crippen LogP contribution in [0.2, 0.25) is 5.02 Å². The molecular formula is C27H30ClFN6OS. The highest BCUT2D eigenvalue weighted by atomic mass is 35.5. The summed E-state index contributed by atoms with van der Waals surface area (Å²) in [5.41, 5.74) is 1.46. The lowest BCUT2D eigenvalue weighted by Crippen LogP contribution is -2.02. The Kier molecular flexibility index (Phi) is 12.3. The van der Waals surface area contributed by atoms with Crippen molar-refractivity contribution < 1.29 is 9.13 Å². The van der Waals surface area contributed by atoms with E-state index in [1.807, 2.05) is 52.0 Å². The number of pyridine rings is 3. The monoisotopic (exact) mass is 540 g/mol. The molecular weight excluding hydrogens is 511 g/mol. The van der Waals surface area contributed by atoms with Gasteiger partial charge in [-0.25, -0.2) is 19.3 Å². The molecule has 3 heterocycles. The number of halogens is 2. The molecule has 0 aliphatic rings. The number of hydrogen-bond acceptors (Lipinski definition) is 8. The maximum Gasteiger partial charge on any atom is 0.175 e. The SMILES string of the molecule is C/C(=N\N)c1ccc(Nc2ncc(Sc3ccccn3)cc2Oc2ccc(F)cc2Cl)nc1.CC.CC. The zero-order valence-electron chi connectivity index (χ0n) is 21.4. The predicted molar refractivity (Wildman–Crippen MR) is 151 cm³/mol. The number of hydrazone groups is 1. The molecule has 0 saturated heterocycles. The number of hydrogen-bond donors (Lipinski definition) is 2. The van der Waals surface area contributed by atoms with E-state index >= 15 is 0 Å². The molecule has 0 unspecified atom stereocenters. The highest BCUT2D eigenvalue weighted by Gasteiger charge is 2.13. The Labute approximate surface area is 226 Å². The Morgan fingerprint density at radius 1 is 0.973 bits per heavy atom. The van der Waals surface area contributed by atoms with Crippen LogP contribution in [0, 0.1) is 5.82 Å². The van der Waals surface area contributed by atoms with E-state index in [9.17, 15) is 4.39 Å². The van der Waals surface area contributed by atoms with Crippen molar-refractivity contribution in [1.82, 2.24) is 15.0 Å². The highest BCUT2D eigenvalue weighted by Crippen LogP contribution is 2.37. The van der Waals surface area contributed by atoms with Crippen LogP contribution in [0.4, 0.5) is 16.0 Å². The number of nitrogens with zero attached hydrogens (tertiary/aromatic N) is 4. The van der Waals surface area contributed by atoms with E-state index in [1.54, 1.807) is 37.6 Å². The van der Waals surface area contributed by atoms with Crippen LogP contribution in [0.3, 0.4) is 0 Å². The highest BCUT2D eigenvalue weighted by molar-refractivity contribution is 7.99. The van der Waals surface area contributed by atoms with Crippen LogP contribution < -0.4 is 15.9 Å². The van der Waals surface area contributed by atoms with Crippen LogP contribution >= 0.6 is 23.4 Å². The lowest BCUT2D eigenvalue weighted by Gasteiger charge is -2.14. The van der Waals surface area contributed by atoms with Gasteiger partial charge in [0.2, 0.25) is 0 Å². The zero-order valence-corrected chi connectivity index (χ0v) is 22.9. The number of aromatic nitrogens is 3. The molecule has 0 bridgehead atoms. The first-order valence-electron chi connectivity index (χ1n) is 11.7. The Bertz CT molecular complexity index is 1290. The van der Waals surface area contributed by atoms with E-state index in [0.717, 1.165) is 15.5 Å². The molecule has 4 rings (SSSR count). The molecule has 7 nitrogen and oxygen atoms in total. The lowest BCUT2D eigenvalue weighted by atomic mass is 10.2. The Balaban J connectivity index is 0.00000115. The summed E-state index contributed by atoms with van der Waals surface area (Å²) in [6.45, 7) is 9.79. The van der Waals surface area contributed by atoms with Gasteiger partial charge in [0.1, 0.15) is 22.4 Å². The molecule has 0 spiro atoms. The molecule has 3 aromatic heterocycles. The van der Waals surface area contributed by atoms with E-state index in [2.05, 4.69) is 25.4 Å². The van der Waals surface area contributed by atoms with Crippen molar-refractivity contribution in [2.75, 3.05) is 5.32 Å². The van der Waals surface area contributed by atoms with E-state index in [0.29, 0.717) is 28.8 Å². The van der Waals surface area contributed by atoms with Gasteiger partial charge in [0, 0.05) is 35.1 Å². The Hall–Kier alpha value is -3.69. The molecule has 0 fully saturated rings. The first-order valence-corrected chi connectivity index (χ1v) is 12.9. The number of nitrogens with one attached hydrogen (secondary N) is 1. The maximum absolute atomic E-state index is 13.5. The Morgan fingerprint density at radius 2 is 1.76 bits per heavy atom. The molecule has 0 atom stereocenters. The van der Waals surface area contributed by atoms with Crippen molar-refractivity contribution in [3.8, 4) is 11.5 Å². The van der Waals surface area contributed by atoms with Crippen molar-refractivity contribution >= 4 is 40.7 Å². The van der Waals surface area contributed by atoms with E-state index in [-0.39, 0.29) is 5.02 Å². The minimum absolute atomic E-state index is 0.141. The van der Waals surface area contributed by atoms with Crippen LogP contribution in [0.5, 0.6) is 11.5 Å². The summed E-state index contributed by atoms with van der Waals surface area (Å²) in [7, 11) is 0. The number of ether oxygens (including phenoxy) is 1. The summed E-state index contributed by atoms with van der Waals surface area (Å²) in [5, 5.41) is 7.75. The molecule has 0 radical (unpaired) electrons. The van der Waals surface area contributed by atoms with Gasteiger partial charge in [-0.1, -0.05) is 57.1 Å². The van der Waals surface area contributed by atoms with Crippen LogP contribution in [0.15, 0.2) is 88.2 Å². The lowest BCUT2D eigenvalue weighted by molar-refractivity contribution is 0.479. The van der Waals surface area contributed by atoms with Crippen LogP contribution in [0.25, 0.3) is 0 Å². The molecule has 37 heavy (non-hydrogen) atoms. The van der Waals surface area contributed by atoms with Crippen molar-refractivity contribution in [2.24, 2.45) is 10.9 Å². The maximum atomic E-state index is 13.5. The minimum atomic E-state index is -0.455. The van der Waals surface area contributed by atoms with E-state index in [4.69, 9.17) is 22.2 Å². The third kappa shape index (κ3) is 8.73. The summed E-state index contributed by atoms with van der Waals surface area (Å²) in [6, 6.07) is 15.0. The second kappa shape index (κ2) is 15.4. The third-order valence-electron chi connectivity index (χ3n) is 4.42. The fourth-order valence-electron chi connectivity index (χ4n) is 2.74. The number of rotatable bonds is 7. The topological polar surface area (TPSA) is 98.3 Å². The van der Waals surface area contributed by atoms with Crippen molar-refractivity contribution in [2.45, 2.75) is 44.5 Å². The average Bonchev–Trinajstić information content (AvgIpc) is 2.94. The van der Waals surface area contributed by atoms with Gasteiger partial charge >= 0.3 is 0 Å². The molecule has 1 aromatic carbocycles. The minimum Gasteiger partial charge on any atom is -0.452 e.